The second-order valence-electron chi connectivity index (χ2n) is 7.28. The summed E-state index contributed by atoms with van der Waals surface area (Å²) in [6.45, 7) is 7.76. The van der Waals surface area contributed by atoms with E-state index >= 15 is 0 Å². The fourth-order valence-corrected chi connectivity index (χ4v) is 4.37. The van der Waals surface area contributed by atoms with Crippen molar-refractivity contribution in [2.75, 3.05) is 20.3 Å². The lowest BCUT2D eigenvalue weighted by Gasteiger charge is -2.14. The van der Waals surface area contributed by atoms with Crippen LogP contribution in [0.3, 0.4) is 0 Å². The molecule has 0 saturated carbocycles. The molecule has 0 aliphatic heterocycles. The maximum absolute atomic E-state index is 10.0. The molecule has 4 aromatic rings. The van der Waals surface area contributed by atoms with Gasteiger partial charge in [0.2, 0.25) is 11.8 Å². The lowest BCUT2D eigenvalue weighted by atomic mass is 10.00. The summed E-state index contributed by atoms with van der Waals surface area (Å²) in [6, 6.07) is 16.3. The highest BCUT2D eigenvalue weighted by molar-refractivity contribution is 7.98. The van der Waals surface area contributed by atoms with E-state index in [1.54, 1.807) is 42.7 Å². The molecule has 0 radical (unpaired) electrons. The van der Waals surface area contributed by atoms with E-state index in [9.17, 15) is 5.26 Å². The Morgan fingerprint density at radius 1 is 1.14 bits per heavy atom. The van der Waals surface area contributed by atoms with Gasteiger partial charge in [-0.1, -0.05) is 35.5 Å². The standard InChI is InChI=1S/C26H19ClN4O4S/c1-29-23-22(16-5-9-20(10-6-16)34-12-11-32)21(13-28)26(31-25(23)33-2)36-15-19-14-35-24(30-19)17-3-7-18(27)8-4-17/h3-10,14,32H,11-12,15H2,2H3. The van der Waals surface area contributed by atoms with Gasteiger partial charge in [-0.25, -0.2) is 14.8 Å². The number of halogens is 1. The van der Waals surface area contributed by atoms with Crippen LogP contribution < -0.4 is 9.47 Å². The Bertz CT molecular complexity index is 1440. The number of nitriles is 1. The molecular formula is C26H19ClN4O4S. The number of methoxy groups -OCH3 is 1. The molecule has 1 N–H and O–H groups in total. The van der Waals surface area contributed by atoms with Gasteiger partial charge in [-0.3, -0.25) is 0 Å². The van der Waals surface area contributed by atoms with Gasteiger partial charge in [0.15, 0.2) is 0 Å². The molecule has 0 atom stereocenters. The SMILES string of the molecule is [C-]#[N+]c1c(OC)nc(SCc2coc(-c3ccc(Cl)cc3)n2)c(C#N)c1-c1ccc(OCCO)cc1. The van der Waals surface area contributed by atoms with Crippen LogP contribution in [0, 0.1) is 17.9 Å². The number of oxazole rings is 1. The average molecular weight is 519 g/mol. The number of hydrogen-bond donors (Lipinski definition) is 1. The number of pyridine rings is 1. The molecule has 0 spiro atoms. The molecule has 2 aromatic heterocycles. The molecule has 180 valence electrons. The molecule has 2 aromatic carbocycles. The molecule has 0 fully saturated rings. The Kier molecular flexibility index (Phi) is 8.09. The first-order valence-corrected chi connectivity index (χ1v) is 12.0. The topological polar surface area (TPSA) is 106 Å². The highest BCUT2D eigenvalue weighted by atomic mass is 35.5. The maximum atomic E-state index is 10.0. The summed E-state index contributed by atoms with van der Waals surface area (Å²) in [7, 11) is 1.43. The van der Waals surface area contributed by atoms with Gasteiger partial charge >= 0.3 is 0 Å². The summed E-state index contributed by atoms with van der Waals surface area (Å²) in [5, 5.41) is 20.0. The quantitative estimate of drug-likeness (QED) is 0.208. The van der Waals surface area contributed by atoms with E-state index in [0.29, 0.717) is 44.3 Å². The van der Waals surface area contributed by atoms with Crippen molar-refractivity contribution in [2.45, 2.75) is 10.8 Å². The van der Waals surface area contributed by atoms with Crippen molar-refractivity contribution < 1.29 is 19.0 Å². The van der Waals surface area contributed by atoms with Gasteiger partial charge in [0.05, 0.1) is 31.5 Å². The van der Waals surface area contributed by atoms with Crippen LogP contribution in [0.5, 0.6) is 11.6 Å². The monoisotopic (exact) mass is 518 g/mol. The van der Waals surface area contributed by atoms with E-state index in [1.807, 2.05) is 12.1 Å². The Morgan fingerprint density at radius 2 is 1.86 bits per heavy atom. The summed E-state index contributed by atoms with van der Waals surface area (Å²) in [5.41, 5.74) is 2.94. The Labute approximate surface area is 216 Å². The number of aliphatic hydroxyl groups is 1. The predicted molar refractivity (Wildman–Crippen MR) is 136 cm³/mol. The van der Waals surface area contributed by atoms with Crippen LogP contribution in [0.25, 0.3) is 27.4 Å². The number of benzene rings is 2. The van der Waals surface area contributed by atoms with Crippen molar-refractivity contribution in [2.24, 2.45) is 0 Å². The second-order valence-corrected chi connectivity index (χ2v) is 8.68. The van der Waals surface area contributed by atoms with Crippen LogP contribution in [-0.4, -0.2) is 35.4 Å². The van der Waals surface area contributed by atoms with E-state index in [4.69, 9.17) is 37.2 Å². The third-order valence-corrected chi connectivity index (χ3v) is 6.29. The zero-order chi connectivity index (χ0) is 25.5. The van der Waals surface area contributed by atoms with E-state index < -0.39 is 0 Å². The van der Waals surface area contributed by atoms with E-state index in [2.05, 4.69) is 20.9 Å². The number of nitrogens with zero attached hydrogens (tertiary/aromatic N) is 4. The molecule has 4 rings (SSSR count). The highest BCUT2D eigenvalue weighted by Gasteiger charge is 2.23. The van der Waals surface area contributed by atoms with Crippen molar-refractivity contribution >= 4 is 29.1 Å². The van der Waals surface area contributed by atoms with Crippen LogP contribution >= 0.6 is 23.4 Å². The summed E-state index contributed by atoms with van der Waals surface area (Å²) in [6.07, 6.45) is 1.56. The molecule has 2 heterocycles. The lowest BCUT2D eigenvalue weighted by Crippen LogP contribution is -2.01. The first-order chi connectivity index (χ1) is 17.6. The molecule has 0 unspecified atom stereocenters. The van der Waals surface area contributed by atoms with Crippen molar-refractivity contribution in [3.8, 4) is 40.3 Å². The molecule has 36 heavy (non-hydrogen) atoms. The summed E-state index contributed by atoms with van der Waals surface area (Å²) < 4.78 is 16.4. The highest BCUT2D eigenvalue weighted by Crippen LogP contribution is 2.44. The predicted octanol–water partition coefficient (Wildman–Crippen LogP) is 6.15. The molecule has 10 heteroatoms. The largest absolute Gasteiger partial charge is 0.491 e. The third-order valence-electron chi connectivity index (χ3n) is 5.03. The van der Waals surface area contributed by atoms with Gasteiger partial charge in [0.25, 0.3) is 5.69 Å². The summed E-state index contributed by atoms with van der Waals surface area (Å²) >= 11 is 7.24. The number of aromatic nitrogens is 2. The van der Waals surface area contributed by atoms with E-state index in [0.717, 1.165) is 5.56 Å². The minimum Gasteiger partial charge on any atom is -0.491 e. The Balaban J connectivity index is 1.66. The first-order valence-electron chi connectivity index (χ1n) is 10.6. The second kappa shape index (κ2) is 11.6. The average Bonchev–Trinajstić information content (AvgIpc) is 3.39. The maximum Gasteiger partial charge on any atom is 0.256 e. The van der Waals surface area contributed by atoms with Gasteiger partial charge in [0, 0.05) is 21.9 Å². The summed E-state index contributed by atoms with van der Waals surface area (Å²) in [4.78, 5) is 12.6. The molecule has 0 aliphatic rings. The number of rotatable bonds is 9. The van der Waals surface area contributed by atoms with Gasteiger partial charge < -0.3 is 19.0 Å². The smallest absolute Gasteiger partial charge is 0.256 e. The fraction of sp³-hybridized carbons (Fsp3) is 0.154. The first kappa shape index (κ1) is 25.1. The Morgan fingerprint density at radius 3 is 2.50 bits per heavy atom. The molecular weight excluding hydrogens is 500 g/mol. The van der Waals surface area contributed by atoms with Crippen LogP contribution in [0.15, 0.2) is 64.2 Å². The third kappa shape index (κ3) is 5.45. The minimum atomic E-state index is -0.100. The zero-order valence-electron chi connectivity index (χ0n) is 19.1. The lowest BCUT2D eigenvalue weighted by molar-refractivity contribution is 0.201. The van der Waals surface area contributed by atoms with Crippen LogP contribution in [0.4, 0.5) is 5.69 Å². The molecule has 0 aliphatic carbocycles. The van der Waals surface area contributed by atoms with Gasteiger partial charge in [-0.2, -0.15) is 5.26 Å². The summed E-state index contributed by atoms with van der Waals surface area (Å²) in [5.74, 6) is 1.53. The van der Waals surface area contributed by atoms with Gasteiger partial charge in [-0.15, -0.1) is 0 Å². The normalized spacial score (nSPS) is 10.5. The van der Waals surface area contributed by atoms with Crippen LogP contribution in [0.1, 0.15) is 11.3 Å². The van der Waals surface area contributed by atoms with Crippen molar-refractivity contribution in [3.05, 3.63) is 82.5 Å². The number of hydrogen-bond acceptors (Lipinski definition) is 8. The van der Waals surface area contributed by atoms with Crippen molar-refractivity contribution in [1.29, 1.82) is 5.26 Å². The van der Waals surface area contributed by atoms with E-state index in [-0.39, 0.29) is 30.3 Å². The number of aliphatic hydroxyl groups excluding tert-OH is 1. The van der Waals surface area contributed by atoms with Crippen LogP contribution in [0.2, 0.25) is 5.02 Å². The van der Waals surface area contributed by atoms with Gasteiger partial charge in [-0.05, 0) is 42.0 Å². The number of thioether (sulfide) groups is 1. The minimum absolute atomic E-state index is 0.100. The Hall–Kier alpha value is -4.02. The molecule has 0 bridgehead atoms. The molecule has 0 amide bonds. The number of ether oxygens (including phenoxy) is 2. The van der Waals surface area contributed by atoms with Crippen LogP contribution in [-0.2, 0) is 5.75 Å². The fourth-order valence-electron chi connectivity index (χ4n) is 3.39. The zero-order valence-corrected chi connectivity index (χ0v) is 20.6. The van der Waals surface area contributed by atoms with Gasteiger partial charge in [0.1, 0.15) is 29.7 Å². The van der Waals surface area contributed by atoms with Crippen molar-refractivity contribution in [1.82, 2.24) is 9.97 Å². The van der Waals surface area contributed by atoms with E-state index in [1.165, 1.54) is 18.9 Å². The molecule has 0 saturated heterocycles. The van der Waals surface area contributed by atoms with Crippen molar-refractivity contribution in [3.63, 3.8) is 0 Å². The molecule has 8 nitrogen and oxygen atoms in total.